The normalized spacial score (nSPS) is 19.8. The topological polar surface area (TPSA) is 61.0 Å². The van der Waals surface area contributed by atoms with E-state index in [4.69, 9.17) is 0 Å². The third-order valence-corrected chi connectivity index (χ3v) is 4.80. The van der Waals surface area contributed by atoms with Crippen molar-refractivity contribution < 1.29 is 4.79 Å². The van der Waals surface area contributed by atoms with Crippen LogP contribution < -0.4 is 5.32 Å². The van der Waals surface area contributed by atoms with Crippen LogP contribution in [0.4, 0.5) is 4.79 Å². The number of nitrogens with zero attached hydrogens (tertiary/aromatic N) is 2. The van der Waals surface area contributed by atoms with E-state index >= 15 is 0 Å². The Morgan fingerprint density at radius 3 is 2.95 bits per heavy atom. The third-order valence-electron chi connectivity index (χ3n) is 4.16. The number of aromatic amines is 1. The maximum Gasteiger partial charge on any atom is 0.318 e. The lowest BCUT2D eigenvalue weighted by Crippen LogP contribution is -2.43. The number of amides is 2. The molecular formula is C15H26N4OS. The number of rotatable bonds is 5. The van der Waals surface area contributed by atoms with Crippen molar-refractivity contribution in [2.45, 2.75) is 52.1 Å². The van der Waals surface area contributed by atoms with E-state index in [1.54, 1.807) is 0 Å². The van der Waals surface area contributed by atoms with E-state index < -0.39 is 0 Å². The van der Waals surface area contributed by atoms with E-state index in [0.29, 0.717) is 0 Å². The van der Waals surface area contributed by atoms with Crippen LogP contribution in [0.2, 0.25) is 0 Å². The number of hydrogen-bond acceptors (Lipinski definition) is 3. The lowest BCUT2D eigenvalue weighted by Gasteiger charge is -2.27. The van der Waals surface area contributed by atoms with Crippen LogP contribution in [0.5, 0.6) is 0 Å². The van der Waals surface area contributed by atoms with Crippen molar-refractivity contribution in [3.63, 3.8) is 0 Å². The summed E-state index contributed by atoms with van der Waals surface area (Å²) >= 11 is 1.81. The van der Waals surface area contributed by atoms with Gasteiger partial charge >= 0.3 is 6.03 Å². The number of carbonyl (C=O) groups excluding carboxylic acids is 1. The summed E-state index contributed by atoms with van der Waals surface area (Å²) < 4.78 is 0. The Bertz CT molecular complexity index is 469. The van der Waals surface area contributed by atoms with Crippen molar-refractivity contribution in [2.24, 2.45) is 0 Å². The molecule has 1 saturated heterocycles. The first-order valence-electron chi connectivity index (χ1n) is 7.62. The smallest absolute Gasteiger partial charge is 0.318 e. The molecule has 0 aromatic carbocycles. The average Bonchev–Trinajstić information content (AvgIpc) is 3.03. The van der Waals surface area contributed by atoms with Crippen molar-refractivity contribution in [2.75, 3.05) is 18.6 Å². The summed E-state index contributed by atoms with van der Waals surface area (Å²) in [6.45, 7) is 6.95. The quantitative estimate of drug-likeness (QED) is 0.879. The van der Waals surface area contributed by atoms with Gasteiger partial charge in [-0.1, -0.05) is 0 Å². The first-order chi connectivity index (χ1) is 10.0. The fraction of sp³-hybridized carbons (Fsp3) is 0.733. The Balaban J connectivity index is 2.03. The maximum absolute atomic E-state index is 12.5. The van der Waals surface area contributed by atoms with Gasteiger partial charge in [-0.15, -0.1) is 0 Å². The SMILES string of the molecule is CSCC[C@H](C)NC(=O)N1CCC[C@H]1c1c(C)n[nH]c1C. The van der Waals surface area contributed by atoms with Crippen LogP contribution in [-0.2, 0) is 0 Å². The molecule has 0 bridgehead atoms. The van der Waals surface area contributed by atoms with Crippen LogP contribution in [0.15, 0.2) is 0 Å². The average molecular weight is 310 g/mol. The van der Waals surface area contributed by atoms with Crippen molar-refractivity contribution in [1.29, 1.82) is 0 Å². The maximum atomic E-state index is 12.5. The lowest BCUT2D eigenvalue weighted by atomic mass is 10.0. The van der Waals surface area contributed by atoms with Gasteiger partial charge in [0.25, 0.3) is 0 Å². The Morgan fingerprint density at radius 2 is 2.33 bits per heavy atom. The van der Waals surface area contributed by atoms with Gasteiger partial charge in [0.05, 0.1) is 11.7 Å². The molecule has 2 amide bonds. The fourth-order valence-electron chi connectivity index (χ4n) is 3.02. The zero-order chi connectivity index (χ0) is 15.4. The number of carbonyl (C=O) groups is 1. The van der Waals surface area contributed by atoms with Gasteiger partial charge in [-0.05, 0) is 52.0 Å². The van der Waals surface area contributed by atoms with Gasteiger partial charge in [0.2, 0.25) is 0 Å². The van der Waals surface area contributed by atoms with E-state index in [0.717, 1.165) is 42.9 Å². The zero-order valence-electron chi connectivity index (χ0n) is 13.4. The first-order valence-corrected chi connectivity index (χ1v) is 9.01. The van der Waals surface area contributed by atoms with Crippen LogP contribution in [0.1, 0.15) is 49.2 Å². The van der Waals surface area contributed by atoms with Gasteiger partial charge in [-0.3, -0.25) is 5.10 Å². The Hall–Kier alpha value is -1.17. The number of H-pyrrole nitrogens is 1. The van der Waals surface area contributed by atoms with Gasteiger partial charge in [0.15, 0.2) is 0 Å². The molecule has 0 spiro atoms. The summed E-state index contributed by atoms with van der Waals surface area (Å²) in [6, 6.07) is 0.445. The molecule has 1 aliphatic heterocycles. The van der Waals surface area contributed by atoms with Crippen molar-refractivity contribution in [3.8, 4) is 0 Å². The highest BCUT2D eigenvalue weighted by atomic mass is 32.2. The zero-order valence-corrected chi connectivity index (χ0v) is 14.2. The summed E-state index contributed by atoms with van der Waals surface area (Å²) in [4.78, 5) is 14.5. The first kappa shape index (κ1) is 16.2. The van der Waals surface area contributed by atoms with E-state index in [9.17, 15) is 4.79 Å². The minimum Gasteiger partial charge on any atom is -0.335 e. The molecule has 21 heavy (non-hydrogen) atoms. The Labute approximate surface area is 131 Å². The molecule has 1 aliphatic rings. The predicted octanol–water partition coefficient (Wildman–Crippen LogP) is 3.01. The van der Waals surface area contributed by atoms with Crippen LogP contribution in [0.25, 0.3) is 0 Å². The minimum absolute atomic E-state index is 0.0612. The lowest BCUT2D eigenvalue weighted by molar-refractivity contribution is 0.189. The van der Waals surface area contributed by atoms with Crippen LogP contribution in [0, 0.1) is 13.8 Å². The van der Waals surface area contributed by atoms with E-state index in [-0.39, 0.29) is 18.1 Å². The van der Waals surface area contributed by atoms with E-state index in [1.807, 2.05) is 30.5 Å². The summed E-state index contributed by atoms with van der Waals surface area (Å²) in [5.74, 6) is 1.07. The van der Waals surface area contributed by atoms with Gasteiger partial charge in [-0.25, -0.2) is 4.79 Å². The molecule has 1 aromatic rings. The van der Waals surface area contributed by atoms with Crippen molar-refractivity contribution >= 4 is 17.8 Å². The Morgan fingerprint density at radius 1 is 1.57 bits per heavy atom. The second kappa shape index (κ2) is 7.20. The number of aromatic nitrogens is 2. The molecule has 0 aliphatic carbocycles. The molecule has 1 aromatic heterocycles. The second-order valence-corrected chi connectivity index (χ2v) is 6.82. The van der Waals surface area contributed by atoms with Crippen molar-refractivity contribution in [3.05, 3.63) is 17.0 Å². The number of nitrogens with one attached hydrogen (secondary N) is 2. The molecule has 2 heterocycles. The van der Waals surface area contributed by atoms with Crippen LogP contribution in [0.3, 0.4) is 0 Å². The second-order valence-electron chi connectivity index (χ2n) is 5.83. The summed E-state index contributed by atoms with van der Waals surface area (Å²) in [7, 11) is 0. The van der Waals surface area contributed by atoms with E-state index in [2.05, 4.69) is 28.7 Å². The standard InChI is InChI=1S/C15H26N4OS/c1-10(7-9-21-4)16-15(20)19-8-5-6-13(19)14-11(2)17-18-12(14)3/h10,13H,5-9H2,1-4H3,(H,16,20)(H,17,18)/t10-,13-/m0/s1. The third kappa shape index (κ3) is 3.73. The predicted molar refractivity (Wildman–Crippen MR) is 87.7 cm³/mol. The van der Waals surface area contributed by atoms with Gasteiger partial charge in [-0.2, -0.15) is 16.9 Å². The van der Waals surface area contributed by atoms with Gasteiger partial charge in [0.1, 0.15) is 0 Å². The number of thioether (sulfide) groups is 1. The molecular weight excluding hydrogens is 284 g/mol. The molecule has 2 atom stereocenters. The molecule has 6 heteroatoms. The summed E-state index contributed by atoms with van der Waals surface area (Å²) in [6.07, 6.45) is 5.18. The largest absolute Gasteiger partial charge is 0.335 e. The molecule has 5 nitrogen and oxygen atoms in total. The minimum atomic E-state index is 0.0612. The monoisotopic (exact) mass is 310 g/mol. The molecule has 1 fully saturated rings. The number of aryl methyl sites for hydroxylation is 2. The van der Waals surface area contributed by atoms with Crippen LogP contribution >= 0.6 is 11.8 Å². The van der Waals surface area contributed by atoms with Crippen molar-refractivity contribution in [1.82, 2.24) is 20.4 Å². The summed E-state index contributed by atoms with van der Waals surface area (Å²) in [5, 5.41) is 10.4. The van der Waals surface area contributed by atoms with E-state index in [1.165, 1.54) is 5.56 Å². The highest BCUT2D eigenvalue weighted by Gasteiger charge is 2.33. The Kier molecular flexibility index (Phi) is 5.56. The molecule has 0 radical (unpaired) electrons. The molecule has 0 unspecified atom stereocenters. The number of hydrogen-bond donors (Lipinski definition) is 2. The van der Waals surface area contributed by atoms with Crippen LogP contribution in [-0.4, -0.2) is 45.7 Å². The highest BCUT2D eigenvalue weighted by Crippen LogP contribution is 2.34. The highest BCUT2D eigenvalue weighted by molar-refractivity contribution is 7.98. The number of likely N-dealkylation sites (tertiary alicyclic amines) is 1. The molecule has 2 rings (SSSR count). The molecule has 118 valence electrons. The van der Waals surface area contributed by atoms with Gasteiger partial charge in [0, 0.05) is 23.8 Å². The summed E-state index contributed by atoms with van der Waals surface area (Å²) in [5.41, 5.74) is 3.28. The molecule has 0 saturated carbocycles. The fourth-order valence-corrected chi connectivity index (χ4v) is 3.61. The molecule has 2 N–H and O–H groups in total. The number of urea groups is 1. The van der Waals surface area contributed by atoms with Gasteiger partial charge < -0.3 is 10.2 Å².